The number of nitriles is 1. The Balaban J connectivity index is 1.54. The van der Waals surface area contributed by atoms with Crippen molar-refractivity contribution in [2.75, 3.05) is 60.4 Å². The zero-order chi connectivity index (χ0) is 35.0. The van der Waals surface area contributed by atoms with Crippen LogP contribution in [-0.2, 0) is 18.3 Å². The Bertz CT molecular complexity index is 1670. The first-order valence-corrected chi connectivity index (χ1v) is 17.1. The summed E-state index contributed by atoms with van der Waals surface area (Å²) < 4.78 is 0. The van der Waals surface area contributed by atoms with Crippen molar-refractivity contribution in [2.24, 2.45) is 0 Å². The van der Waals surface area contributed by atoms with Crippen LogP contribution in [0.1, 0.15) is 75.0 Å². The van der Waals surface area contributed by atoms with Gasteiger partial charge in [-0.15, -0.1) is 10.2 Å². The number of benzene rings is 2. The molecular weight excluding hydrogens is 618 g/mol. The molecule has 1 aliphatic heterocycles. The third kappa shape index (κ3) is 7.99. The molecule has 13 nitrogen and oxygen atoms in total. The molecule has 1 aliphatic carbocycles. The van der Waals surface area contributed by atoms with Crippen molar-refractivity contribution in [3.05, 3.63) is 87.9 Å². The van der Waals surface area contributed by atoms with Gasteiger partial charge in [-0.3, -0.25) is 9.59 Å². The number of rotatable bonds is 15. The molecule has 5 N–H and O–H groups in total. The van der Waals surface area contributed by atoms with E-state index in [9.17, 15) is 14.9 Å². The number of hydrogen-bond acceptors (Lipinski definition) is 10. The highest BCUT2D eigenvalue weighted by Gasteiger charge is 2.45. The standard InChI is InChI=1S/C36H49N11O2/c1-24(41-23-25(2)47-17-6-7-30(47)22-37)21-36(35-42-44-45-43-35)31-12-10-28(33(48)39-15-14-38-3)19-26(31)8-9-27-20-29(11-13-32(27)36)34(49)40-16-18-46(4)5/h10-13,19-20,24,30,38,41H,2,6-9,14-18,21,23H2,1,3-5H3,(H,39,48)(H,40,49)(H,42,43,44,45)/t24-,30?,36?/m0/s1. The molecule has 2 amide bonds. The molecule has 49 heavy (non-hydrogen) atoms. The molecule has 3 aromatic rings. The van der Waals surface area contributed by atoms with Crippen LogP contribution in [0.3, 0.4) is 0 Å². The lowest BCUT2D eigenvalue weighted by molar-refractivity contribution is 0.0944. The predicted molar refractivity (Wildman–Crippen MR) is 188 cm³/mol. The van der Waals surface area contributed by atoms with Gasteiger partial charge in [0.05, 0.1) is 11.5 Å². The van der Waals surface area contributed by atoms with E-state index < -0.39 is 5.41 Å². The van der Waals surface area contributed by atoms with Crippen LogP contribution >= 0.6 is 0 Å². The SMILES string of the molecule is C=C(CN[C@@H](C)CC1(c2nn[nH]n2)c2ccc(C(=O)NCCNC)cc2CCc2cc(C(=O)NCCN(C)C)ccc21)N1CCCC1C#N. The second kappa shape index (κ2) is 16.2. The van der Waals surface area contributed by atoms with Crippen LogP contribution in [-0.4, -0.2) is 115 Å². The summed E-state index contributed by atoms with van der Waals surface area (Å²) >= 11 is 0. The number of aromatic nitrogens is 4. The molecule has 2 aliphatic rings. The molecule has 0 radical (unpaired) electrons. The average Bonchev–Trinajstić information content (AvgIpc) is 3.80. The number of likely N-dealkylation sites (N-methyl/N-ethyl adjacent to an activating group) is 2. The first-order chi connectivity index (χ1) is 23.7. The molecule has 0 saturated carbocycles. The van der Waals surface area contributed by atoms with Crippen LogP contribution in [0, 0.1) is 11.3 Å². The van der Waals surface area contributed by atoms with E-state index in [2.05, 4.69) is 66.4 Å². The van der Waals surface area contributed by atoms with Crippen molar-refractivity contribution in [1.29, 1.82) is 5.26 Å². The molecule has 13 heteroatoms. The van der Waals surface area contributed by atoms with Crippen LogP contribution in [0.25, 0.3) is 0 Å². The molecular formula is C36H49N11O2. The molecule has 1 saturated heterocycles. The lowest BCUT2D eigenvalue weighted by atomic mass is 9.67. The Morgan fingerprint density at radius 3 is 2.31 bits per heavy atom. The van der Waals surface area contributed by atoms with Crippen molar-refractivity contribution < 1.29 is 9.59 Å². The number of fused-ring (bicyclic) bond motifs is 2. The Morgan fingerprint density at radius 1 is 1.08 bits per heavy atom. The van der Waals surface area contributed by atoms with Gasteiger partial charge in [-0.1, -0.05) is 23.9 Å². The minimum atomic E-state index is -0.855. The number of carbonyl (C=O) groups excluding carboxylic acids is 2. The van der Waals surface area contributed by atoms with Crippen LogP contribution in [0.2, 0.25) is 0 Å². The van der Waals surface area contributed by atoms with Gasteiger partial charge in [0.25, 0.3) is 11.8 Å². The van der Waals surface area contributed by atoms with E-state index in [-0.39, 0.29) is 23.9 Å². The van der Waals surface area contributed by atoms with E-state index in [0.29, 0.717) is 62.4 Å². The van der Waals surface area contributed by atoms with Gasteiger partial charge in [-0.25, -0.2) is 0 Å². The topological polar surface area (TPSA) is 167 Å². The average molecular weight is 668 g/mol. The summed E-state index contributed by atoms with van der Waals surface area (Å²) in [6.45, 7) is 10.3. The van der Waals surface area contributed by atoms with Crippen molar-refractivity contribution in [3.8, 4) is 6.07 Å². The number of nitrogens with one attached hydrogen (secondary N) is 5. The first kappa shape index (κ1) is 35.7. The van der Waals surface area contributed by atoms with Crippen LogP contribution < -0.4 is 21.3 Å². The van der Waals surface area contributed by atoms with Gasteiger partial charge in [0.2, 0.25) is 0 Å². The van der Waals surface area contributed by atoms with E-state index in [1.807, 2.05) is 62.4 Å². The lowest BCUT2D eigenvalue weighted by Crippen LogP contribution is -2.42. The zero-order valence-electron chi connectivity index (χ0n) is 29.1. The molecule has 1 fully saturated rings. The van der Waals surface area contributed by atoms with Gasteiger partial charge >= 0.3 is 0 Å². The summed E-state index contributed by atoms with van der Waals surface area (Å²) in [5.74, 6) is 0.263. The number of aromatic amines is 1. The van der Waals surface area contributed by atoms with E-state index in [4.69, 9.17) is 0 Å². The highest BCUT2D eigenvalue weighted by molar-refractivity contribution is 5.95. The Labute approximate surface area is 288 Å². The van der Waals surface area contributed by atoms with E-state index in [1.54, 1.807) is 0 Å². The fourth-order valence-corrected chi connectivity index (χ4v) is 7.13. The summed E-state index contributed by atoms with van der Waals surface area (Å²) in [6, 6.07) is 14.0. The van der Waals surface area contributed by atoms with Crippen molar-refractivity contribution in [1.82, 2.24) is 51.7 Å². The van der Waals surface area contributed by atoms with Crippen molar-refractivity contribution in [2.45, 2.75) is 56.5 Å². The summed E-state index contributed by atoms with van der Waals surface area (Å²) in [5, 5.41) is 38.3. The van der Waals surface area contributed by atoms with Crippen LogP contribution in [0.5, 0.6) is 0 Å². The first-order valence-electron chi connectivity index (χ1n) is 17.1. The van der Waals surface area contributed by atoms with Crippen LogP contribution in [0.4, 0.5) is 0 Å². The summed E-state index contributed by atoms with van der Waals surface area (Å²) in [4.78, 5) is 30.5. The smallest absolute Gasteiger partial charge is 0.251 e. The quantitative estimate of drug-likeness (QED) is 0.151. The number of tetrazole rings is 1. The van der Waals surface area contributed by atoms with Crippen molar-refractivity contribution in [3.63, 3.8) is 0 Å². The molecule has 1 aromatic heterocycles. The molecule has 260 valence electrons. The maximum absolute atomic E-state index is 13.3. The summed E-state index contributed by atoms with van der Waals surface area (Å²) in [5.41, 5.74) is 5.26. The number of carbonyl (C=O) groups is 2. The number of H-pyrrole nitrogens is 1. The van der Waals surface area contributed by atoms with Gasteiger partial charge < -0.3 is 31.1 Å². The minimum Gasteiger partial charge on any atom is -0.358 e. The normalized spacial score (nSPS) is 19.0. The number of amides is 2. The molecule has 2 heterocycles. The second-order valence-corrected chi connectivity index (χ2v) is 13.3. The molecule has 5 rings (SSSR count). The molecule has 2 unspecified atom stereocenters. The van der Waals surface area contributed by atoms with E-state index in [0.717, 1.165) is 53.9 Å². The van der Waals surface area contributed by atoms with Gasteiger partial charge in [0.1, 0.15) is 6.04 Å². The fourth-order valence-electron chi connectivity index (χ4n) is 7.13. The Morgan fingerprint density at radius 2 is 1.73 bits per heavy atom. The third-order valence-corrected chi connectivity index (χ3v) is 9.63. The predicted octanol–water partition coefficient (Wildman–Crippen LogP) is 1.74. The van der Waals surface area contributed by atoms with Gasteiger partial charge in [0.15, 0.2) is 5.82 Å². The number of hydrogen-bond donors (Lipinski definition) is 5. The van der Waals surface area contributed by atoms with E-state index in [1.165, 1.54) is 0 Å². The molecule has 2 aromatic carbocycles. The highest BCUT2D eigenvalue weighted by Crippen LogP contribution is 2.47. The Hall–Kier alpha value is -4.64. The van der Waals surface area contributed by atoms with Gasteiger partial charge in [-0.05, 0) is 107 Å². The third-order valence-electron chi connectivity index (χ3n) is 9.63. The number of nitrogens with zero attached hydrogens (tertiary/aromatic N) is 6. The van der Waals surface area contributed by atoms with Crippen LogP contribution in [0.15, 0.2) is 48.7 Å². The lowest BCUT2D eigenvalue weighted by Gasteiger charge is -2.36. The zero-order valence-corrected chi connectivity index (χ0v) is 29.1. The summed E-state index contributed by atoms with van der Waals surface area (Å²) in [7, 11) is 5.80. The van der Waals surface area contributed by atoms with E-state index >= 15 is 0 Å². The van der Waals surface area contributed by atoms with Gasteiger partial charge in [-0.2, -0.15) is 10.5 Å². The Kier molecular flexibility index (Phi) is 11.8. The second-order valence-electron chi connectivity index (χ2n) is 13.3. The fraction of sp³-hybridized carbons (Fsp3) is 0.500. The minimum absolute atomic E-state index is 0.0595. The van der Waals surface area contributed by atoms with Crippen molar-refractivity contribution >= 4 is 11.8 Å². The summed E-state index contributed by atoms with van der Waals surface area (Å²) in [6.07, 6.45) is 3.71. The largest absolute Gasteiger partial charge is 0.358 e. The number of aryl methyl sites for hydroxylation is 2. The van der Waals surface area contributed by atoms with Gasteiger partial charge in [0, 0.05) is 62.1 Å². The molecule has 0 spiro atoms. The molecule has 3 atom stereocenters. The monoisotopic (exact) mass is 667 g/mol. The highest BCUT2D eigenvalue weighted by atomic mass is 16.2. The maximum atomic E-state index is 13.3. The molecule has 0 bridgehead atoms. The number of likely N-dealkylation sites (tertiary alicyclic amines) is 1. The maximum Gasteiger partial charge on any atom is 0.251 e.